The minimum Gasteiger partial charge on any atom is -0.480 e. The molecule has 0 aliphatic carbocycles. The highest BCUT2D eigenvalue weighted by molar-refractivity contribution is 8.01. The van der Waals surface area contributed by atoms with Crippen molar-refractivity contribution in [1.29, 1.82) is 0 Å². The second-order valence-corrected chi connectivity index (χ2v) is 10.6. The number of hydrogen-bond acceptors (Lipinski definition) is 4. The van der Waals surface area contributed by atoms with Crippen LogP contribution in [-0.2, 0) is 16.0 Å². The molecule has 2 aromatic carbocycles. The van der Waals surface area contributed by atoms with Crippen LogP contribution in [0, 0.1) is 0 Å². The molecule has 0 bridgehead atoms. The fourth-order valence-corrected chi connectivity index (χ4v) is 6.41. The molecule has 0 radical (unpaired) electrons. The minimum atomic E-state index is -0.971. The number of carboxylic acid groups (broad SMARTS) is 1. The number of amides is 1. The molecule has 0 aromatic heterocycles. The van der Waals surface area contributed by atoms with Crippen LogP contribution in [0.4, 0.5) is 0 Å². The largest absolute Gasteiger partial charge is 0.480 e. The van der Waals surface area contributed by atoms with Crippen molar-refractivity contribution in [3.8, 4) is 0 Å². The van der Waals surface area contributed by atoms with Crippen LogP contribution < -0.4 is 5.32 Å². The van der Waals surface area contributed by atoms with Crippen LogP contribution in [0.5, 0.6) is 0 Å². The number of nitrogens with zero attached hydrogens (tertiary/aromatic N) is 1. The molecule has 2 fully saturated rings. The summed E-state index contributed by atoms with van der Waals surface area (Å²) in [5.41, 5.74) is 2.22. The van der Waals surface area contributed by atoms with Crippen molar-refractivity contribution in [2.45, 2.75) is 48.9 Å². The molecule has 30 heavy (non-hydrogen) atoms. The Hall–Kier alpha value is -2.38. The monoisotopic (exact) mass is 440 g/mol. The Morgan fingerprint density at radius 1 is 1.13 bits per heavy atom. The van der Waals surface area contributed by atoms with E-state index >= 15 is 0 Å². The number of aliphatic carboxylic acids is 1. The van der Waals surface area contributed by atoms with Gasteiger partial charge in [-0.05, 0) is 38.3 Å². The number of hydrogen-bond donors (Lipinski definition) is 2. The number of nitrogens with one attached hydrogen (secondary N) is 1. The topological polar surface area (TPSA) is 69.6 Å². The van der Waals surface area contributed by atoms with Crippen molar-refractivity contribution < 1.29 is 14.7 Å². The third kappa shape index (κ3) is 3.30. The van der Waals surface area contributed by atoms with Gasteiger partial charge in [-0.2, -0.15) is 0 Å². The molecule has 5 nitrogen and oxygen atoms in total. The number of β-lactam (4-membered cyclic amide) rings is 1. The number of fused-ring (bicyclic) bond motifs is 1. The molecule has 0 unspecified atom stereocenters. The van der Waals surface area contributed by atoms with Gasteiger partial charge in [0.2, 0.25) is 0 Å². The van der Waals surface area contributed by atoms with Gasteiger partial charge in [0.1, 0.15) is 21.9 Å². The second-order valence-electron chi connectivity index (χ2n) is 8.50. The van der Waals surface area contributed by atoms with E-state index in [4.69, 9.17) is 12.2 Å². The molecule has 0 saturated carbocycles. The maximum absolute atomic E-state index is 13.0. The standard InChI is InChI=1S/C23H24N2O3S2/c1-22(2)17(19(26)27)25-20(28)23(3,21(25)30-22)24-18(29)16-12-8-7-11-15(16)13-14-9-5-4-6-10-14/h4-12,17,21H,13H2,1-3H3,(H,24,29)(H,26,27)/t17-,21+,23-/m0/s1. The summed E-state index contributed by atoms with van der Waals surface area (Å²) in [5, 5.41) is 12.6. The molecule has 3 atom stereocenters. The number of carbonyl (C=O) groups excluding carboxylic acids is 1. The lowest BCUT2D eigenvalue weighted by molar-refractivity contribution is -0.165. The lowest BCUT2D eigenvalue weighted by atomic mass is 9.86. The van der Waals surface area contributed by atoms with E-state index in [1.165, 1.54) is 22.2 Å². The Labute approximate surface area is 185 Å². The number of rotatable bonds is 5. The van der Waals surface area contributed by atoms with Crippen LogP contribution in [0.3, 0.4) is 0 Å². The molecule has 2 N–H and O–H groups in total. The zero-order valence-electron chi connectivity index (χ0n) is 17.1. The lowest BCUT2D eigenvalue weighted by Crippen LogP contribution is -2.78. The highest BCUT2D eigenvalue weighted by Gasteiger charge is 2.69. The quantitative estimate of drug-likeness (QED) is 0.548. The maximum atomic E-state index is 13.0. The van der Waals surface area contributed by atoms with Crippen LogP contribution >= 0.6 is 24.0 Å². The van der Waals surface area contributed by atoms with Crippen LogP contribution in [0.1, 0.15) is 37.5 Å². The highest BCUT2D eigenvalue weighted by Crippen LogP contribution is 2.54. The maximum Gasteiger partial charge on any atom is 0.327 e. The van der Waals surface area contributed by atoms with E-state index < -0.39 is 22.3 Å². The predicted octanol–water partition coefficient (Wildman–Crippen LogP) is 3.45. The Kier molecular flexibility index (Phi) is 5.14. The summed E-state index contributed by atoms with van der Waals surface area (Å²) < 4.78 is -0.571. The first-order valence-corrected chi connectivity index (χ1v) is 11.1. The number of carboxylic acids is 1. The molecular weight excluding hydrogens is 416 g/mol. The van der Waals surface area contributed by atoms with E-state index in [9.17, 15) is 14.7 Å². The number of thiocarbonyl (C=S) groups is 1. The third-order valence-electron chi connectivity index (χ3n) is 5.88. The summed E-state index contributed by atoms with van der Waals surface area (Å²) in [6.45, 7) is 5.56. The molecule has 4 rings (SSSR count). The van der Waals surface area contributed by atoms with Crippen molar-refractivity contribution >= 4 is 40.8 Å². The van der Waals surface area contributed by atoms with Crippen molar-refractivity contribution in [2.75, 3.05) is 0 Å². The summed E-state index contributed by atoms with van der Waals surface area (Å²) in [7, 11) is 0. The summed E-state index contributed by atoms with van der Waals surface area (Å²) >= 11 is 7.23. The fourth-order valence-electron chi connectivity index (χ4n) is 4.35. The zero-order valence-corrected chi connectivity index (χ0v) is 18.7. The highest BCUT2D eigenvalue weighted by atomic mass is 32.2. The van der Waals surface area contributed by atoms with E-state index in [0.717, 1.165) is 17.5 Å². The second kappa shape index (κ2) is 7.39. The van der Waals surface area contributed by atoms with Gasteiger partial charge in [0, 0.05) is 10.3 Å². The van der Waals surface area contributed by atoms with E-state index in [1.54, 1.807) is 0 Å². The first-order valence-electron chi connectivity index (χ1n) is 9.83. The molecule has 2 aliphatic rings. The first-order chi connectivity index (χ1) is 14.1. The lowest BCUT2D eigenvalue weighted by Gasteiger charge is -2.51. The fraction of sp³-hybridized carbons (Fsp3) is 0.348. The van der Waals surface area contributed by atoms with Crippen molar-refractivity contribution in [3.05, 3.63) is 71.3 Å². The van der Waals surface area contributed by atoms with Gasteiger partial charge in [-0.3, -0.25) is 4.79 Å². The van der Waals surface area contributed by atoms with Gasteiger partial charge < -0.3 is 15.3 Å². The molecule has 2 heterocycles. The smallest absolute Gasteiger partial charge is 0.327 e. The minimum absolute atomic E-state index is 0.221. The molecule has 2 saturated heterocycles. The molecule has 1 amide bonds. The average molecular weight is 441 g/mol. The van der Waals surface area contributed by atoms with Gasteiger partial charge in [-0.15, -0.1) is 11.8 Å². The van der Waals surface area contributed by atoms with Crippen molar-refractivity contribution in [2.24, 2.45) is 0 Å². The Morgan fingerprint density at radius 2 is 1.77 bits per heavy atom. The first kappa shape index (κ1) is 20.9. The van der Waals surface area contributed by atoms with Gasteiger partial charge in [0.25, 0.3) is 5.91 Å². The van der Waals surface area contributed by atoms with Gasteiger partial charge in [0.05, 0.1) is 0 Å². The summed E-state index contributed by atoms with van der Waals surface area (Å²) in [5.74, 6) is -1.19. The number of carbonyl (C=O) groups is 2. The van der Waals surface area contributed by atoms with Crippen LogP contribution in [0.15, 0.2) is 54.6 Å². The molecule has 2 aliphatic heterocycles. The number of thioether (sulfide) groups is 1. The molecule has 7 heteroatoms. The van der Waals surface area contributed by atoms with Gasteiger partial charge in [0.15, 0.2) is 0 Å². The molecule has 2 aromatic rings. The van der Waals surface area contributed by atoms with E-state index in [2.05, 4.69) is 17.4 Å². The third-order valence-corrected chi connectivity index (χ3v) is 7.96. The summed E-state index contributed by atoms with van der Waals surface area (Å²) in [4.78, 5) is 26.8. The van der Waals surface area contributed by atoms with Gasteiger partial charge in [-0.1, -0.05) is 66.8 Å². The summed E-state index contributed by atoms with van der Waals surface area (Å²) in [6.07, 6.45) is 0.738. The Balaban J connectivity index is 1.57. The molecule has 0 spiro atoms. The SMILES string of the molecule is CC1(C)S[C@H]2N(C(=O)[C@]2(C)NC(=S)c2ccccc2Cc2ccccc2)[C@H]1C(=O)O. The van der Waals surface area contributed by atoms with Crippen molar-refractivity contribution in [3.63, 3.8) is 0 Å². The Bertz CT molecular complexity index is 1020. The number of benzene rings is 2. The van der Waals surface area contributed by atoms with Crippen LogP contribution in [-0.4, -0.2) is 48.6 Å². The van der Waals surface area contributed by atoms with Gasteiger partial charge in [-0.25, -0.2) is 4.79 Å². The molecular formula is C23H24N2O3S2. The van der Waals surface area contributed by atoms with E-state index in [-0.39, 0.29) is 11.3 Å². The van der Waals surface area contributed by atoms with Crippen molar-refractivity contribution in [1.82, 2.24) is 10.2 Å². The van der Waals surface area contributed by atoms with Crippen LogP contribution in [0.25, 0.3) is 0 Å². The summed E-state index contributed by atoms with van der Waals surface area (Å²) in [6, 6.07) is 17.2. The molecule has 156 valence electrons. The normalized spacial score (nSPS) is 26.6. The van der Waals surface area contributed by atoms with Crippen LogP contribution in [0.2, 0.25) is 0 Å². The average Bonchev–Trinajstić information content (AvgIpc) is 2.98. The Morgan fingerprint density at radius 3 is 2.43 bits per heavy atom. The van der Waals surface area contributed by atoms with E-state index in [1.807, 2.05) is 63.2 Å². The predicted molar refractivity (Wildman–Crippen MR) is 123 cm³/mol. The van der Waals surface area contributed by atoms with Gasteiger partial charge >= 0.3 is 5.97 Å². The van der Waals surface area contributed by atoms with E-state index in [0.29, 0.717) is 4.99 Å². The zero-order chi connectivity index (χ0) is 21.7.